The third kappa shape index (κ3) is 5.96. The quantitative estimate of drug-likeness (QED) is 0.771. The molecule has 1 rings (SSSR count). The molecule has 0 spiro atoms. The number of aromatic nitrogens is 1. The van der Waals surface area contributed by atoms with Crippen molar-refractivity contribution in [2.75, 3.05) is 24.7 Å². The van der Waals surface area contributed by atoms with Crippen molar-refractivity contribution >= 4 is 23.5 Å². The lowest BCUT2D eigenvalue weighted by Crippen LogP contribution is -2.26. The van der Waals surface area contributed by atoms with Gasteiger partial charge in [0.25, 0.3) is 5.91 Å². The number of carbonyl (C=O) groups is 1. The van der Waals surface area contributed by atoms with Crippen molar-refractivity contribution in [3.63, 3.8) is 0 Å². The molecule has 0 saturated carbocycles. The predicted octanol–water partition coefficient (Wildman–Crippen LogP) is 3.51. The molecule has 0 aliphatic carbocycles. The summed E-state index contributed by atoms with van der Waals surface area (Å²) < 4.78 is 0. The molecule has 0 aliphatic heterocycles. The minimum atomic E-state index is -0.0215. The molecule has 1 heterocycles. The summed E-state index contributed by atoms with van der Waals surface area (Å²) in [6.07, 6.45) is 3.07. The van der Waals surface area contributed by atoms with E-state index in [0.717, 1.165) is 24.5 Å². The Bertz CT molecular complexity index is 463. The molecular formula is C16H27N3OS. The zero-order valence-electron chi connectivity index (χ0n) is 13.7. The van der Waals surface area contributed by atoms with E-state index in [0.29, 0.717) is 23.3 Å². The highest BCUT2D eigenvalue weighted by molar-refractivity contribution is 7.99. The van der Waals surface area contributed by atoms with Crippen molar-refractivity contribution in [1.29, 1.82) is 0 Å². The maximum atomic E-state index is 12.3. The van der Waals surface area contributed by atoms with Crippen LogP contribution in [-0.2, 0) is 0 Å². The number of hydrogen-bond acceptors (Lipinski definition) is 4. The smallest absolute Gasteiger partial charge is 0.251 e. The predicted molar refractivity (Wildman–Crippen MR) is 92.4 cm³/mol. The summed E-state index contributed by atoms with van der Waals surface area (Å²) in [5, 5.41) is 6.74. The molecule has 0 aliphatic rings. The molecule has 1 atom stereocenters. The van der Waals surface area contributed by atoms with Crippen LogP contribution in [0.2, 0.25) is 0 Å². The van der Waals surface area contributed by atoms with E-state index in [2.05, 4.69) is 42.6 Å². The Labute approximate surface area is 132 Å². The van der Waals surface area contributed by atoms with Crippen LogP contribution >= 0.6 is 11.8 Å². The Morgan fingerprint density at radius 3 is 2.62 bits per heavy atom. The number of carbonyl (C=O) groups excluding carboxylic acids is 1. The standard InChI is InChI=1S/C16H27N3OS/c1-6-17-15-10-13(9-14(19-15)11(2)3)16(20)18-8-7-12(4)21-5/h9-12H,6-8H2,1-5H3,(H,17,19)(H,18,20). The molecule has 118 valence electrons. The number of anilines is 1. The Morgan fingerprint density at radius 2 is 2.05 bits per heavy atom. The molecule has 1 aromatic heterocycles. The molecule has 0 aromatic carbocycles. The minimum Gasteiger partial charge on any atom is -0.370 e. The third-order valence-corrected chi connectivity index (χ3v) is 4.34. The zero-order valence-corrected chi connectivity index (χ0v) is 14.5. The normalized spacial score (nSPS) is 12.3. The van der Waals surface area contributed by atoms with E-state index >= 15 is 0 Å². The number of amides is 1. The van der Waals surface area contributed by atoms with E-state index in [1.54, 1.807) is 0 Å². The van der Waals surface area contributed by atoms with Crippen molar-refractivity contribution in [2.45, 2.75) is 45.3 Å². The van der Waals surface area contributed by atoms with Gasteiger partial charge in [0.15, 0.2) is 0 Å². The van der Waals surface area contributed by atoms with Crippen molar-refractivity contribution in [1.82, 2.24) is 10.3 Å². The van der Waals surface area contributed by atoms with Crippen LogP contribution in [0, 0.1) is 0 Å². The Kier molecular flexibility index (Phi) is 7.57. The van der Waals surface area contributed by atoms with Gasteiger partial charge >= 0.3 is 0 Å². The second-order valence-corrected chi connectivity index (χ2v) is 6.72. The Morgan fingerprint density at radius 1 is 1.33 bits per heavy atom. The van der Waals surface area contributed by atoms with Gasteiger partial charge in [-0.2, -0.15) is 11.8 Å². The third-order valence-electron chi connectivity index (χ3n) is 3.30. The van der Waals surface area contributed by atoms with Crippen LogP contribution in [0.15, 0.2) is 12.1 Å². The molecule has 0 bridgehead atoms. The van der Waals surface area contributed by atoms with Gasteiger partial charge in [0, 0.05) is 29.6 Å². The number of pyridine rings is 1. The highest BCUT2D eigenvalue weighted by atomic mass is 32.2. The largest absolute Gasteiger partial charge is 0.370 e. The van der Waals surface area contributed by atoms with Crippen molar-refractivity contribution < 1.29 is 4.79 Å². The van der Waals surface area contributed by atoms with Crippen molar-refractivity contribution in [2.24, 2.45) is 0 Å². The highest BCUT2D eigenvalue weighted by Crippen LogP contribution is 2.17. The first-order valence-electron chi connectivity index (χ1n) is 7.54. The minimum absolute atomic E-state index is 0.0215. The number of nitrogens with zero attached hydrogens (tertiary/aromatic N) is 1. The van der Waals surface area contributed by atoms with Crippen molar-refractivity contribution in [3.8, 4) is 0 Å². The summed E-state index contributed by atoms with van der Waals surface area (Å²) in [5.41, 5.74) is 1.62. The average Bonchev–Trinajstić information content (AvgIpc) is 2.46. The van der Waals surface area contributed by atoms with Crippen LogP contribution in [0.5, 0.6) is 0 Å². The maximum Gasteiger partial charge on any atom is 0.251 e. The van der Waals surface area contributed by atoms with Gasteiger partial charge in [-0.15, -0.1) is 0 Å². The van der Waals surface area contributed by atoms with Gasteiger partial charge in [-0.1, -0.05) is 20.8 Å². The SMILES string of the molecule is CCNc1cc(C(=O)NCCC(C)SC)cc(C(C)C)n1. The lowest BCUT2D eigenvalue weighted by molar-refractivity contribution is 0.0953. The summed E-state index contributed by atoms with van der Waals surface area (Å²) in [4.78, 5) is 16.8. The molecule has 21 heavy (non-hydrogen) atoms. The molecule has 1 unspecified atom stereocenters. The lowest BCUT2D eigenvalue weighted by atomic mass is 10.1. The first-order valence-corrected chi connectivity index (χ1v) is 8.83. The maximum absolute atomic E-state index is 12.3. The summed E-state index contributed by atoms with van der Waals surface area (Å²) in [6, 6.07) is 3.71. The lowest BCUT2D eigenvalue weighted by Gasteiger charge is -2.13. The van der Waals surface area contributed by atoms with Gasteiger partial charge in [0.1, 0.15) is 5.82 Å². The summed E-state index contributed by atoms with van der Waals surface area (Å²) >= 11 is 1.82. The van der Waals surface area contributed by atoms with Gasteiger partial charge < -0.3 is 10.6 Å². The highest BCUT2D eigenvalue weighted by Gasteiger charge is 2.12. The second kappa shape index (κ2) is 8.93. The molecule has 4 nitrogen and oxygen atoms in total. The fourth-order valence-electron chi connectivity index (χ4n) is 1.86. The summed E-state index contributed by atoms with van der Waals surface area (Å²) in [6.45, 7) is 9.86. The van der Waals surface area contributed by atoms with Crippen LogP contribution in [0.25, 0.3) is 0 Å². The van der Waals surface area contributed by atoms with Gasteiger partial charge in [-0.05, 0) is 37.7 Å². The Balaban J connectivity index is 2.77. The first-order chi connectivity index (χ1) is 9.97. The summed E-state index contributed by atoms with van der Waals surface area (Å²) in [5.74, 6) is 1.05. The number of rotatable bonds is 8. The van der Waals surface area contributed by atoms with E-state index in [-0.39, 0.29) is 5.91 Å². The second-order valence-electron chi connectivity index (χ2n) is 5.44. The van der Waals surface area contributed by atoms with E-state index < -0.39 is 0 Å². The topological polar surface area (TPSA) is 54.0 Å². The van der Waals surface area contributed by atoms with Crippen molar-refractivity contribution in [3.05, 3.63) is 23.4 Å². The average molecular weight is 309 g/mol. The van der Waals surface area contributed by atoms with Crippen LogP contribution in [0.3, 0.4) is 0 Å². The van der Waals surface area contributed by atoms with Gasteiger partial charge in [-0.3, -0.25) is 4.79 Å². The van der Waals surface area contributed by atoms with Crippen LogP contribution in [-0.4, -0.2) is 35.5 Å². The van der Waals surface area contributed by atoms with Gasteiger partial charge in [0.05, 0.1) is 0 Å². The summed E-state index contributed by atoms with van der Waals surface area (Å²) in [7, 11) is 0. The molecule has 1 aromatic rings. The van der Waals surface area contributed by atoms with E-state index in [9.17, 15) is 4.79 Å². The monoisotopic (exact) mass is 309 g/mol. The number of hydrogen-bond donors (Lipinski definition) is 2. The molecule has 0 fully saturated rings. The number of nitrogens with one attached hydrogen (secondary N) is 2. The molecule has 5 heteroatoms. The first kappa shape index (κ1) is 17.8. The number of thioether (sulfide) groups is 1. The van der Waals surface area contributed by atoms with E-state index in [4.69, 9.17) is 0 Å². The fraction of sp³-hybridized carbons (Fsp3) is 0.625. The molecule has 0 saturated heterocycles. The Hall–Kier alpha value is -1.23. The molecule has 1 amide bonds. The fourth-order valence-corrected chi connectivity index (χ4v) is 2.21. The van der Waals surface area contributed by atoms with E-state index in [1.807, 2.05) is 30.8 Å². The zero-order chi connectivity index (χ0) is 15.8. The van der Waals surface area contributed by atoms with Gasteiger partial charge in [-0.25, -0.2) is 4.98 Å². The van der Waals surface area contributed by atoms with Crippen LogP contribution in [0.4, 0.5) is 5.82 Å². The molecule has 0 radical (unpaired) electrons. The van der Waals surface area contributed by atoms with Crippen LogP contribution in [0.1, 0.15) is 56.1 Å². The van der Waals surface area contributed by atoms with E-state index in [1.165, 1.54) is 0 Å². The van der Waals surface area contributed by atoms with Crippen LogP contribution < -0.4 is 10.6 Å². The molecule has 2 N–H and O–H groups in total. The van der Waals surface area contributed by atoms with Gasteiger partial charge in [0.2, 0.25) is 0 Å². The molecular weight excluding hydrogens is 282 g/mol.